The molecule has 1 saturated heterocycles. The summed E-state index contributed by atoms with van der Waals surface area (Å²) in [6, 6.07) is 7.16. The zero-order valence-corrected chi connectivity index (χ0v) is 23.0. The number of fused-ring (bicyclic) bond motifs is 1. The van der Waals surface area contributed by atoms with Gasteiger partial charge in [-0.05, 0) is 32.9 Å². The number of hydrogen-bond donors (Lipinski definition) is 3. The third kappa shape index (κ3) is 6.04. The second-order valence-corrected chi connectivity index (χ2v) is 11.9. The number of nitrogen functional groups attached to an aromatic ring is 1. The summed E-state index contributed by atoms with van der Waals surface area (Å²) in [7, 11) is -4.23. The Morgan fingerprint density at radius 2 is 1.97 bits per heavy atom. The van der Waals surface area contributed by atoms with Gasteiger partial charge in [-0.15, -0.1) is 0 Å². The van der Waals surface area contributed by atoms with Gasteiger partial charge in [0, 0.05) is 0 Å². The Balaban J connectivity index is 1.54. The van der Waals surface area contributed by atoms with Crippen LogP contribution < -0.4 is 15.3 Å². The molecule has 206 valence electrons. The van der Waals surface area contributed by atoms with Gasteiger partial charge in [-0.3, -0.25) is 13.9 Å². The summed E-state index contributed by atoms with van der Waals surface area (Å²) in [4.78, 5) is 24.5. The van der Waals surface area contributed by atoms with E-state index in [0.29, 0.717) is 5.52 Å². The number of aliphatic hydroxyl groups is 1. The molecule has 0 saturated carbocycles. The molecular weight excluding hydrogens is 562 g/mol. The Bertz CT molecular complexity index is 1330. The van der Waals surface area contributed by atoms with Gasteiger partial charge in [0.2, 0.25) is 0 Å². The molecule has 13 nitrogen and oxygen atoms in total. The highest BCUT2D eigenvalue weighted by Gasteiger charge is 2.56. The smallest absolute Gasteiger partial charge is 0.459 e. The molecule has 1 aromatic carbocycles. The molecule has 2 aromatic heterocycles. The number of carbonyl (C=O) groups excluding carboxylic acids is 1. The maximum atomic E-state index is 13.7. The predicted octanol–water partition coefficient (Wildman–Crippen LogP) is 2.97. The van der Waals surface area contributed by atoms with Gasteiger partial charge < -0.3 is 24.8 Å². The lowest BCUT2D eigenvalue weighted by Crippen LogP contribution is -2.39. The van der Waals surface area contributed by atoms with Crippen LogP contribution in [0.25, 0.3) is 11.2 Å². The maximum absolute atomic E-state index is 13.7. The number of nitrogens with zero attached hydrogens (tertiary/aromatic N) is 4. The zero-order chi connectivity index (χ0) is 27.7. The topological polar surface area (TPSA) is 173 Å². The summed E-state index contributed by atoms with van der Waals surface area (Å²) in [5.74, 6) is -0.312. The number of alkyl halides is 2. The third-order valence-electron chi connectivity index (χ3n) is 5.45. The predicted molar refractivity (Wildman–Crippen MR) is 139 cm³/mol. The Labute approximate surface area is 228 Å². The molecule has 5 atom stereocenters. The Morgan fingerprint density at radius 1 is 1.26 bits per heavy atom. The van der Waals surface area contributed by atoms with Crippen molar-refractivity contribution < 1.29 is 33.0 Å². The van der Waals surface area contributed by atoms with E-state index >= 15 is 0 Å². The summed E-state index contributed by atoms with van der Waals surface area (Å²) in [6.45, 7) is 4.34. The molecule has 1 aliphatic rings. The van der Waals surface area contributed by atoms with Gasteiger partial charge in [0.15, 0.2) is 22.0 Å². The lowest BCUT2D eigenvalue weighted by Gasteiger charge is -2.25. The second kappa shape index (κ2) is 11.3. The number of anilines is 1. The minimum absolute atomic E-state index is 0.136. The Morgan fingerprint density at radius 3 is 2.66 bits per heavy atom. The first-order valence-electron chi connectivity index (χ1n) is 11.5. The van der Waals surface area contributed by atoms with Crippen molar-refractivity contribution in [2.24, 2.45) is 0 Å². The van der Waals surface area contributed by atoms with E-state index in [0.717, 1.165) is 0 Å². The highest BCUT2D eigenvalue weighted by Crippen LogP contribution is 2.50. The van der Waals surface area contributed by atoms with Crippen LogP contribution in [0.3, 0.4) is 0 Å². The number of rotatable bonds is 10. The SMILES string of the molecule is CC(C)OC(=O)C(C)NP(=O)(OCC1OC(n2cnc3c(N)ncnc32)C(Cl)(Cl)C1O)Oc1ccccc1. The van der Waals surface area contributed by atoms with Gasteiger partial charge in [-0.2, -0.15) is 5.09 Å². The molecule has 38 heavy (non-hydrogen) atoms. The summed E-state index contributed by atoms with van der Waals surface area (Å²) in [5.41, 5.74) is 6.42. The number of aliphatic hydroxyl groups excluding tert-OH is 1. The molecule has 0 aliphatic carbocycles. The van der Waals surface area contributed by atoms with E-state index < -0.39 is 49.1 Å². The summed E-state index contributed by atoms with van der Waals surface area (Å²) >= 11 is 13.0. The number of para-hydroxylation sites is 1. The standard InChI is InChI=1S/C22H27Cl2N6O7P/c1-12(2)35-20(32)13(3)29-38(33,37-14-7-5-4-6-8-14)34-9-15-17(31)22(23,24)21(36-15)30-11-28-16-18(25)26-10-27-19(16)30/h4-8,10-13,15,17,21,31H,9H2,1-3H3,(H,29,33)(H2,25,26,27). The zero-order valence-electron chi connectivity index (χ0n) is 20.6. The summed E-state index contributed by atoms with van der Waals surface area (Å²) in [6.07, 6.45) is -1.64. The van der Waals surface area contributed by atoms with Crippen molar-refractivity contribution in [2.75, 3.05) is 12.3 Å². The first-order valence-corrected chi connectivity index (χ1v) is 13.8. The van der Waals surface area contributed by atoms with Crippen LogP contribution in [0.15, 0.2) is 43.0 Å². The fourth-order valence-electron chi connectivity index (χ4n) is 3.65. The van der Waals surface area contributed by atoms with Gasteiger partial charge in [-0.1, -0.05) is 41.4 Å². The number of nitrogens with two attached hydrogens (primary N) is 1. The molecule has 4 rings (SSSR count). The number of hydrogen-bond acceptors (Lipinski definition) is 11. The van der Waals surface area contributed by atoms with Crippen LogP contribution in [0.2, 0.25) is 0 Å². The van der Waals surface area contributed by atoms with E-state index in [4.69, 9.17) is 47.5 Å². The maximum Gasteiger partial charge on any atom is 0.459 e. The Kier molecular flexibility index (Phi) is 8.48. The summed E-state index contributed by atoms with van der Waals surface area (Å²) < 4.78 is 35.6. The van der Waals surface area contributed by atoms with Crippen LogP contribution in [0.5, 0.6) is 5.75 Å². The monoisotopic (exact) mass is 588 g/mol. The van der Waals surface area contributed by atoms with Crippen LogP contribution in [0.1, 0.15) is 27.0 Å². The molecule has 0 amide bonds. The van der Waals surface area contributed by atoms with Crippen molar-refractivity contribution in [2.45, 2.75) is 55.7 Å². The number of halogens is 2. The molecule has 3 heterocycles. The van der Waals surface area contributed by atoms with E-state index in [1.807, 2.05) is 0 Å². The molecule has 0 bridgehead atoms. The van der Waals surface area contributed by atoms with Crippen molar-refractivity contribution >= 4 is 53.9 Å². The minimum Gasteiger partial charge on any atom is -0.462 e. The van der Waals surface area contributed by atoms with Crippen molar-refractivity contribution in [1.29, 1.82) is 0 Å². The van der Waals surface area contributed by atoms with E-state index in [1.165, 1.54) is 24.1 Å². The number of esters is 1. The molecule has 4 N–H and O–H groups in total. The van der Waals surface area contributed by atoms with E-state index in [-0.39, 0.29) is 23.3 Å². The van der Waals surface area contributed by atoms with Crippen molar-refractivity contribution in [3.05, 3.63) is 43.0 Å². The highest BCUT2D eigenvalue weighted by atomic mass is 35.5. The first kappa shape index (κ1) is 28.5. The van der Waals surface area contributed by atoms with Crippen LogP contribution in [0, 0.1) is 0 Å². The van der Waals surface area contributed by atoms with Crippen molar-refractivity contribution in [1.82, 2.24) is 24.6 Å². The second-order valence-electron chi connectivity index (χ2n) is 8.76. The molecule has 16 heteroatoms. The molecule has 5 unspecified atom stereocenters. The molecule has 1 aliphatic heterocycles. The first-order chi connectivity index (χ1) is 17.9. The normalized spacial score (nSPS) is 23.3. The van der Waals surface area contributed by atoms with Crippen LogP contribution in [0.4, 0.5) is 5.82 Å². The fraction of sp³-hybridized carbons (Fsp3) is 0.455. The fourth-order valence-corrected chi connectivity index (χ4v) is 5.75. The Hall–Kier alpha value is -2.51. The lowest BCUT2D eigenvalue weighted by atomic mass is 10.2. The number of nitrogens with one attached hydrogen (secondary N) is 1. The highest BCUT2D eigenvalue weighted by molar-refractivity contribution is 7.52. The molecule has 0 spiro atoms. The van der Waals surface area contributed by atoms with Gasteiger partial charge in [0.05, 0.1) is 19.0 Å². The van der Waals surface area contributed by atoms with Crippen molar-refractivity contribution in [3.63, 3.8) is 0 Å². The van der Waals surface area contributed by atoms with E-state index in [9.17, 15) is 14.5 Å². The number of carbonyl (C=O) groups is 1. The summed E-state index contributed by atoms with van der Waals surface area (Å²) in [5, 5.41) is 13.4. The van der Waals surface area contributed by atoms with E-state index in [1.54, 1.807) is 44.2 Å². The largest absolute Gasteiger partial charge is 0.462 e. The van der Waals surface area contributed by atoms with Crippen LogP contribution >= 0.6 is 30.9 Å². The van der Waals surface area contributed by atoms with Gasteiger partial charge in [0.25, 0.3) is 0 Å². The number of ether oxygens (including phenoxy) is 2. The average molecular weight is 589 g/mol. The quantitative estimate of drug-likeness (QED) is 0.180. The minimum atomic E-state index is -4.23. The average Bonchev–Trinajstić information content (AvgIpc) is 3.37. The van der Waals surface area contributed by atoms with Crippen molar-refractivity contribution in [3.8, 4) is 5.75 Å². The molecule has 0 radical (unpaired) electrons. The molecular formula is C22H27Cl2N6O7P. The van der Waals surface area contributed by atoms with Gasteiger partial charge >= 0.3 is 13.7 Å². The van der Waals surface area contributed by atoms with Gasteiger partial charge in [0.1, 0.15) is 35.8 Å². The number of benzene rings is 1. The molecule has 1 fully saturated rings. The lowest BCUT2D eigenvalue weighted by molar-refractivity contribution is -0.149. The van der Waals surface area contributed by atoms with Crippen LogP contribution in [-0.2, 0) is 23.4 Å². The molecule has 3 aromatic rings. The number of imidazole rings is 1. The van der Waals surface area contributed by atoms with E-state index in [2.05, 4.69) is 20.0 Å². The third-order valence-corrected chi connectivity index (χ3v) is 7.92. The number of aromatic nitrogens is 4. The van der Waals surface area contributed by atoms with Gasteiger partial charge in [-0.25, -0.2) is 19.5 Å². The van der Waals surface area contributed by atoms with Crippen LogP contribution in [-0.4, -0.2) is 65.9 Å².